The molecule has 1 aromatic carbocycles. The summed E-state index contributed by atoms with van der Waals surface area (Å²) in [6.07, 6.45) is 1.64. The number of rotatable bonds is 2. The van der Waals surface area contributed by atoms with Gasteiger partial charge in [0.15, 0.2) is 0 Å². The highest BCUT2D eigenvalue weighted by molar-refractivity contribution is 7.08. The van der Waals surface area contributed by atoms with Crippen LogP contribution in [0.15, 0.2) is 35.4 Å². The van der Waals surface area contributed by atoms with Gasteiger partial charge in [0.1, 0.15) is 6.33 Å². The second-order valence-corrected chi connectivity index (χ2v) is 4.31. The number of hydrogen-bond donors (Lipinski definition) is 1. The molecule has 0 aliphatic heterocycles. The first-order chi connectivity index (χ1) is 8.79. The van der Waals surface area contributed by atoms with Gasteiger partial charge in [0.2, 0.25) is 10.9 Å². The highest BCUT2D eigenvalue weighted by Crippen LogP contribution is 2.17. The van der Waals surface area contributed by atoms with E-state index in [2.05, 4.69) is 19.7 Å². The van der Waals surface area contributed by atoms with Crippen molar-refractivity contribution < 1.29 is 0 Å². The molecule has 2 heterocycles. The molecule has 0 saturated heterocycles. The van der Waals surface area contributed by atoms with Crippen LogP contribution >= 0.6 is 11.5 Å². The number of para-hydroxylation sites is 2. The van der Waals surface area contributed by atoms with Gasteiger partial charge in [0, 0.05) is 18.6 Å². The van der Waals surface area contributed by atoms with Crippen molar-refractivity contribution in [1.82, 2.24) is 18.9 Å². The lowest BCUT2D eigenvalue weighted by Crippen LogP contribution is -2.14. The number of benzene rings is 1. The molecule has 6 nitrogen and oxygen atoms in total. The summed E-state index contributed by atoms with van der Waals surface area (Å²) >= 11 is 1.15. The Balaban J connectivity index is 2.20. The Kier molecular flexibility index (Phi) is 2.52. The molecular formula is C11H9N5OS. The van der Waals surface area contributed by atoms with Crippen LogP contribution in [-0.2, 0) is 0 Å². The fourth-order valence-electron chi connectivity index (χ4n) is 1.65. The van der Waals surface area contributed by atoms with Crippen LogP contribution in [0.1, 0.15) is 0 Å². The molecule has 0 saturated carbocycles. The zero-order valence-electron chi connectivity index (χ0n) is 9.49. The van der Waals surface area contributed by atoms with Crippen LogP contribution in [0.2, 0.25) is 0 Å². The largest absolute Gasteiger partial charge is 0.368 e. The minimum atomic E-state index is -0.371. The van der Waals surface area contributed by atoms with Crippen LogP contribution < -0.4 is 10.9 Å². The third-order valence-electron chi connectivity index (χ3n) is 2.51. The molecule has 3 aromatic rings. The van der Waals surface area contributed by atoms with E-state index in [0.29, 0.717) is 5.13 Å². The number of nitrogens with one attached hydrogen (secondary N) is 1. The molecule has 3 rings (SSSR count). The first kappa shape index (κ1) is 10.8. The third-order valence-corrected chi connectivity index (χ3v) is 3.24. The second-order valence-electron chi connectivity index (χ2n) is 3.58. The SMILES string of the molecule is CNc1nsc(-n2cnc3ccccc32)nc1=O. The third kappa shape index (κ3) is 1.65. The number of nitrogens with zero attached hydrogens (tertiary/aromatic N) is 4. The van der Waals surface area contributed by atoms with E-state index >= 15 is 0 Å². The quantitative estimate of drug-likeness (QED) is 0.750. The lowest BCUT2D eigenvalue weighted by molar-refractivity contribution is 1.03. The van der Waals surface area contributed by atoms with Gasteiger partial charge in [-0.1, -0.05) is 12.1 Å². The Morgan fingerprint density at radius 3 is 2.94 bits per heavy atom. The molecule has 0 radical (unpaired) electrons. The summed E-state index contributed by atoms with van der Waals surface area (Å²) in [5.74, 6) is 0.258. The molecule has 0 bridgehead atoms. The summed E-state index contributed by atoms with van der Waals surface area (Å²) < 4.78 is 5.82. The van der Waals surface area contributed by atoms with Gasteiger partial charge in [-0.15, -0.1) is 0 Å². The van der Waals surface area contributed by atoms with E-state index in [1.165, 1.54) is 0 Å². The fraction of sp³-hybridized carbons (Fsp3) is 0.0909. The second kappa shape index (κ2) is 4.19. The van der Waals surface area contributed by atoms with Gasteiger partial charge in [0.05, 0.1) is 11.0 Å². The van der Waals surface area contributed by atoms with E-state index in [1.54, 1.807) is 17.9 Å². The van der Waals surface area contributed by atoms with Gasteiger partial charge in [0.25, 0.3) is 0 Å². The predicted molar refractivity (Wildman–Crippen MR) is 70.4 cm³/mol. The van der Waals surface area contributed by atoms with E-state index in [9.17, 15) is 4.79 Å². The lowest BCUT2D eigenvalue weighted by Gasteiger charge is -2.01. The van der Waals surface area contributed by atoms with Crippen molar-refractivity contribution in [3.8, 4) is 5.13 Å². The maximum Gasteiger partial charge on any atom is 0.316 e. The number of hydrogen-bond acceptors (Lipinski definition) is 6. The number of imidazole rings is 1. The van der Waals surface area contributed by atoms with Crippen molar-refractivity contribution in [3.63, 3.8) is 0 Å². The van der Waals surface area contributed by atoms with Crippen molar-refractivity contribution in [2.24, 2.45) is 0 Å². The molecule has 0 atom stereocenters. The van der Waals surface area contributed by atoms with E-state index in [-0.39, 0.29) is 11.4 Å². The lowest BCUT2D eigenvalue weighted by atomic mass is 10.3. The van der Waals surface area contributed by atoms with Crippen molar-refractivity contribution in [2.75, 3.05) is 12.4 Å². The number of anilines is 1. The van der Waals surface area contributed by atoms with Crippen LogP contribution in [0, 0.1) is 0 Å². The smallest absolute Gasteiger partial charge is 0.316 e. The van der Waals surface area contributed by atoms with Crippen LogP contribution in [0.3, 0.4) is 0 Å². The zero-order chi connectivity index (χ0) is 12.5. The Morgan fingerprint density at radius 2 is 2.17 bits per heavy atom. The maximum absolute atomic E-state index is 11.6. The molecule has 0 aliphatic rings. The Morgan fingerprint density at radius 1 is 1.33 bits per heavy atom. The average Bonchev–Trinajstić information content (AvgIpc) is 2.82. The first-order valence-corrected chi connectivity index (χ1v) is 6.05. The Bertz CT molecular complexity index is 763. The molecule has 7 heteroatoms. The van der Waals surface area contributed by atoms with Gasteiger partial charge < -0.3 is 5.32 Å². The fourth-order valence-corrected chi connectivity index (χ4v) is 2.35. The van der Waals surface area contributed by atoms with Crippen LogP contribution in [0.25, 0.3) is 16.2 Å². The average molecular weight is 259 g/mol. The molecule has 90 valence electrons. The van der Waals surface area contributed by atoms with Crippen molar-refractivity contribution in [3.05, 3.63) is 40.9 Å². The molecule has 18 heavy (non-hydrogen) atoms. The number of fused-ring (bicyclic) bond motifs is 1. The Hall–Kier alpha value is -2.28. The molecule has 0 aliphatic carbocycles. The van der Waals surface area contributed by atoms with Gasteiger partial charge in [-0.05, 0) is 12.1 Å². The van der Waals surface area contributed by atoms with Crippen LogP contribution in [0.4, 0.5) is 5.82 Å². The summed E-state index contributed by atoms with van der Waals surface area (Å²) in [6, 6.07) is 7.66. The summed E-state index contributed by atoms with van der Waals surface area (Å²) in [5.41, 5.74) is 1.39. The van der Waals surface area contributed by atoms with E-state index in [4.69, 9.17) is 0 Å². The standard InChI is InChI=1S/C11H9N5OS/c1-12-9-10(17)14-11(18-15-9)16-6-13-7-4-2-3-5-8(7)16/h2-6H,1H3,(H,12,15). The normalized spacial score (nSPS) is 10.7. The van der Waals surface area contributed by atoms with E-state index < -0.39 is 0 Å². The van der Waals surface area contributed by atoms with E-state index in [1.807, 2.05) is 24.3 Å². The molecule has 2 aromatic heterocycles. The summed E-state index contributed by atoms with van der Waals surface area (Å²) in [4.78, 5) is 19.9. The monoisotopic (exact) mass is 259 g/mol. The van der Waals surface area contributed by atoms with Gasteiger partial charge in [-0.25, -0.2) is 4.98 Å². The van der Waals surface area contributed by atoms with Gasteiger partial charge >= 0.3 is 5.56 Å². The highest BCUT2D eigenvalue weighted by Gasteiger charge is 2.08. The summed E-state index contributed by atoms with van der Waals surface area (Å²) in [6.45, 7) is 0. The Labute approximate surface area is 106 Å². The molecule has 0 unspecified atom stereocenters. The summed E-state index contributed by atoms with van der Waals surface area (Å²) in [5, 5.41) is 3.21. The minimum absolute atomic E-state index is 0.258. The van der Waals surface area contributed by atoms with Crippen LogP contribution in [0.5, 0.6) is 0 Å². The van der Waals surface area contributed by atoms with E-state index in [0.717, 1.165) is 22.6 Å². The molecule has 0 amide bonds. The minimum Gasteiger partial charge on any atom is -0.368 e. The van der Waals surface area contributed by atoms with Crippen LogP contribution in [-0.4, -0.2) is 26.0 Å². The van der Waals surface area contributed by atoms with Gasteiger partial charge in [-0.3, -0.25) is 9.36 Å². The first-order valence-electron chi connectivity index (χ1n) is 5.28. The van der Waals surface area contributed by atoms with Crippen molar-refractivity contribution in [2.45, 2.75) is 0 Å². The molecular weight excluding hydrogens is 250 g/mol. The molecule has 0 fully saturated rings. The highest BCUT2D eigenvalue weighted by atomic mass is 32.1. The molecule has 1 N–H and O–H groups in total. The van der Waals surface area contributed by atoms with Crippen molar-refractivity contribution >= 4 is 28.4 Å². The number of aromatic nitrogens is 4. The summed E-state index contributed by atoms with van der Waals surface area (Å²) in [7, 11) is 1.64. The van der Waals surface area contributed by atoms with Gasteiger partial charge in [-0.2, -0.15) is 9.36 Å². The predicted octanol–water partition coefficient (Wildman–Crippen LogP) is 1.28. The van der Waals surface area contributed by atoms with Crippen molar-refractivity contribution in [1.29, 1.82) is 0 Å². The maximum atomic E-state index is 11.6. The topological polar surface area (TPSA) is 72.7 Å². The zero-order valence-corrected chi connectivity index (χ0v) is 10.3. The molecule has 0 spiro atoms.